The van der Waals surface area contributed by atoms with Crippen LogP contribution in [0.25, 0.3) is 16.7 Å². The second kappa shape index (κ2) is 6.20. The van der Waals surface area contributed by atoms with E-state index in [1.54, 1.807) is 22.6 Å². The van der Waals surface area contributed by atoms with Crippen LogP contribution in [0.4, 0.5) is 0 Å². The van der Waals surface area contributed by atoms with E-state index in [1.807, 2.05) is 6.07 Å². The van der Waals surface area contributed by atoms with Crippen LogP contribution in [0.3, 0.4) is 0 Å². The van der Waals surface area contributed by atoms with E-state index in [4.69, 9.17) is 0 Å². The molecule has 2 aromatic heterocycles. The van der Waals surface area contributed by atoms with Gasteiger partial charge in [-0.3, -0.25) is 4.79 Å². The number of aryl methyl sites for hydroxylation is 2. The van der Waals surface area contributed by atoms with Crippen LogP contribution in [0.5, 0.6) is 0 Å². The van der Waals surface area contributed by atoms with Crippen molar-refractivity contribution in [2.24, 2.45) is 0 Å². The van der Waals surface area contributed by atoms with Gasteiger partial charge in [0.15, 0.2) is 10.8 Å². The van der Waals surface area contributed by atoms with Gasteiger partial charge >= 0.3 is 0 Å². The standard InChI is InChI=1S/C17H20N4OS/c1-5-12(4)23-17-19-15-14(16(22)20-17)9-18-21(15)13-7-6-10(2)11(3)8-13/h6-9,12H,5H2,1-4H3,(H,19,20,22)/t12-/m0/s1. The van der Waals surface area contributed by atoms with Crippen molar-refractivity contribution >= 4 is 22.8 Å². The lowest BCUT2D eigenvalue weighted by Gasteiger charge is -2.09. The second-order valence-corrected chi connectivity index (χ2v) is 7.20. The Hall–Kier alpha value is -2.08. The molecule has 0 amide bonds. The third-order valence-electron chi connectivity index (χ3n) is 4.04. The van der Waals surface area contributed by atoms with E-state index in [1.165, 1.54) is 11.1 Å². The van der Waals surface area contributed by atoms with E-state index in [2.05, 4.69) is 54.9 Å². The summed E-state index contributed by atoms with van der Waals surface area (Å²) in [5.41, 5.74) is 3.79. The second-order valence-electron chi connectivity index (χ2n) is 5.77. The van der Waals surface area contributed by atoms with Gasteiger partial charge in [-0.1, -0.05) is 31.7 Å². The van der Waals surface area contributed by atoms with Gasteiger partial charge in [0.25, 0.3) is 5.56 Å². The maximum atomic E-state index is 12.3. The van der Waals surface area contributed by atoms with Crippen molar-refractivity contribution in [3.63, 3.8) is 0 Å². The number of hydrogen-bond acceptors (Lipinski definition) is 4. The highest BCUT2D eigenvalue weighted by molar-refractivity contribution is 7.99. The Kier molecular flexibility index (Phi) is 4.26. The van der Waals surface area contributed by atoms with Crippen molar-refractivity contribution in [2.75, 3.05) is 0 Å². The monoisotopic (exact) mass is 328 g/mol. The third kappa shape index (κ3) is 3.03. The first-order chi connectivity index (χ1) is 11.0. The first kappa shape index (κ1) is 15.8. The molecule has 23 heavy (non-hydrogen) atoms. The van der Waals surface area contributed by atoms with Gasteiger partial charge in [0, 0.05) is 5.25 Å². The van der Waals surface area contributed by atoms with Gasteiger partial charge in [0.2, 0.25) is 0 Å². The van der Waals surface area contributed by atoms with Crippen molar-refractivity contribution < 1.29 is 0 Å². The predicted octanol–water partition coefficient (Wildman–Crippen LogP) is 3.62. The van der Waals surface area contributed by atoms with Gasteiger partial charge in [-0.2, -0.15) is 5.10 Å². The van der Waals surface area contributed by atoms with E-state index in [-0.39, 0.29) is 5.56 Å². The van der Waals surface area contributed by atoms with E-state index in [9.17, 15) is 4.79 Å². The lowest BCUT2D eigenvalue weighted by molar-refractivity contribution is 0.859. The van der Waals surface area contributed by atoms with Crippen LogP contribution >= 0.6 is 11.8 Å². The van der Waals surface area contributed by atoms with Crippen LogP contribution in [0.1, 0.15) is 31.4 Å². The molecule has 3 rings (SSSR count). The summed E-state index contributed by atoms with van der Waals surface area (Å²) < 4.78 is 1.73. The summed E-state index contributed by atoms with van der Waals surface area (Å²) in [4.78, 5) is 19.7. The van der Waals surface area contributed by atoms with Gasteiger partial charge in [0.05, 0.1) is 11.9 Å². The number of hydrogen-bond donors (Lipinski definition) is 1. The normalized spacial score (nSPS) is 12.7. The summed E-state index contributed by atoms with van der Waals surface area (Å²) >= 11 is 1.58. The van der Waals surface area contributed by atoms with Gasteiger partial charge in [0.1, 0.15) is 5.39 Å². The first-order valence-electron chi connectivity index (χ1n) is 7.72. The summed E-state index contributed by atoms with van der Waals surface area (Å²) in [5, 5.41) is 5.91. The Morgan fingerprint density at radius 2 is 2.09 bits per heavy atom. The summed E-state index contributed by atoms with van der Waals surface area (Å²) in [7, 11) is 0. The molecule has 0 saturated carbocycles. The van der Waals surface area contributed by atoms with Crippen LogP contribution < -0.4 is 5.56 Å². The molecule has 1 atom stereocenters. The summed E-state index contributed by atoms with van der Waals surface area (Å²) in [6.07, 6.45) is 2.59. The zero-order valence-electron chi connectivity index (χ0n) is 13.8. The fraction of sp³-hybridized carbons (Fsp3) is 0.353. The molecule has 5 nitrogen and oxygen atoms in total. The average molecular weight is 328 g/mol. The quantitative estimate of drug-likeness (QED) is 0.587. The highest BCUT2D eigenvalue weighted by Gasteiger charge is 2.13. The maximum absolute atomic E-state index is 12.3. The molecule has 0 spiro atoms. The van der Waals surface area contributed by atoms with Crippen molar-refractivity contribution in [1.29, 1.82) is 0 Å². The number of aromatic nitrogens is 4. The molecule has 0 saturated heterocycles. The molecule has 0 bridgehead atoms. The molecule has 0 radical (unpaired) electrons. The lowest BCUT2D eigenvalue weighted by Crippen LogP contribution is -2.11. The van der Waals surface area contributed by atoms with E-state index >= 15 is 0 Å². The molecule has 0 aliphatic heterocycles. The zero-order valence-corrected chi connectivity index (χ0v) is 14.6. The molecule has 6 heteroatoms. The Morgan fingerprint density at radius 3 is 2.78 bits per heavy atom. The van der Waals surface area contributed by atoms with E-state index in [0.29, 0.717) is 21.4 Å². The lowest BCUT2D eigenvalue weighted by atomic mass is 10.1. The fourth-order valence-electron chi connectivity index (χ4n) is 2.27. The highest BCUT2D eigenvalue weighted by Crippen LogP contribution is 2.23. The predicted molar refractivity (Wildman–Crippen MR) is 94.6 cm³/mol. The van der Waals surface area contributed by atoms with Crippen molar-refractivity contribution in [2.45, 2.75) is 44.5 Å². The molecule has 0 unspecified atom stereocenters. The van der Waals surface area contributed by atoms with Gasteiger partial charge in [-0.15, -0.1) is 0 Å². The molecule has 1 N–H and O–H groups in total. The highest BCUT2D eigenvalue weighted by atomic mass is 32.2. The van der Waals surface area contributed by atoms with E-state index < -0.39 is 0 Å². The molecule has 1 aromatic carbocycles. The van der Waals surface area contributed by atoms with Gasteiger partial charge in [-0.25, -0.2) is 9.67 Å². The average Bonchev–Trinajstić information content (AvgIpc) is 2.94. The Bertz CT molecular complexity index is 913. The molecule has 0 aliphatic carbocycles. The first-order valence-corrected chi connectivity index (χ1v) is 8.60. The minimum absolute atomic E-state index is 0.143. The SMILES string of the molecule is CC[C@H](C)Sc1nc2c(cnn2-c2ccc(C)c(C)c2)c(=O)[nH]1. The fourth-order valence-corrected chi connectivity index (χ4v) is 3.11. The van der Waals surface area contributed by atoms with Crippen molar-refractivity contribution in [3.8, 4) is 5.69 Å². The molecule has 2 heterocycles. The number of thioether (sulfide) groups is 1. The molecular weight excluding hydrogens is 308 g/mol. The topological polar surface area (TPSA) is 63.6 Å². The number of aromatic amines is 1. The zero-order chi connectivity index (χ0) is 16.6. The largest absolute Gasteiger partial charge is 0.301 e. The number of benzene rings is 1. The number of nitrogens with one attached hydrogen (secondary N) is 1. The molecule has 0 fully saturated rings. The minimum atomic E-state index is -0.143. The summed E-state index contributed by atoms with van der Waals surface area (Å²) in [6.45, 7) is 8.38. The Labute approximate surface area is 139 Å². The van der Waals surface area contributed by atoms with Gasteiger partial charge in [-0.05, 0) is 43.5 Å². The van der Waals surface area contributed by atoms with Crippen LogP contribution in [0.15, 0.2) is 34.3 Å². The van der Waals surface area contributed by atoms with Crippen LogP contribution in [-0.4, -0.2) is 25.0 Å². The van der Waals surface area contributed by atoms with Crippen LogP contribution in [0, 0.1) is 13.8 Å². The maximum Gasteiger partial charge on any atom is 0.262 e. The van der Waals surface area contributed by atoms with Crippen LogP contribution in [0.2, 0.25) is 0 Å². The number of fused-ring (bicyclic) bond motifs is 1. The smallest absolute Gasteiger partial charge is 0.262 e. The minimum Gasteiger partial charge on any atom is -0.301 e. The number of nitrogens with zero attached hydrogens (tertiary/aromatic N) is 3. The van der Waals surface area contributed by atoms with Crippen molar-refractivity contribution in [1.82, 2.24) is 19.7 Å². The molecule has 0 aliphatic rings. The number of H-pyrrole nitrogens is 1. The number of rotatable bonds is 4. The van der Waals surface area contributed by atoms with Crippen molar-refractivity contribution in [3.05, 3.63) is 45.9 Å². The summed E-state index contributed by atoms with van der Waals surface area (Å²) in [5.74, 6) is 0. The van der Waals surface area contributed by atoms with Gasteiger partial charge < -0.3 is 4.98 Å². The molecule has 120 valence electrons. The van der Waals surface area contributed by atoms with E-state index in [0.717, 1.165) is 12.1 Å². The van der Waals surface area contributed by atoms with Crippen LogP contribution in [-0.2, 0) is 0 Å². The third-order valence-corrected chi connectivity index (χ3v) is 5.19. The molecule has 3 aromatic rings. The Morgan fingerprint density at radius 1 is 1.30 bits per heavy atom. The summed E-state index contributed by atoms with van der Waals surface area (Å²) in [6, 6.07) is 6.12. The molecular formula is C17H20N4OS. The Balaban J connectivity index is 2.14.